The fourth-order valence-corrected chi connectivity index (χ4v) is 8.47. The smallest absolute Gasteiger partial charge is 0.207 e. The Kier molecular flexibility index (Phi) is 6.55. The Morgan fingerprint density at radius 3 is 0.822 bits per heavy atom. The Morgan fingerprint density at radius 1 is 0.267 bits per heavy atom. The van der Waals surface area contributed by atoms with Gasteiger partial charge in [0.05, 0.1) is 9.79 Å². The Morgan fingerprint density at radius 2 is 0.511 bits per heavy atom. The second kappa shape index (κ2) is 10.9. The molecule has 0 saturated carbocycles. The van der Waals surface area contributed by atoms with Gasteiger partial charge < -0.3 is 0 Å². The van der Waals surface area contributed by atoms with E-state index in [1.54, 1.807) is 12.1 Å². The molecular weight excluding hydrogens is 569 g/mol. The van der Waals surface area contributed by atoms with Gasteiger partial charge >= 0.3 is 0 Å². The third-order valence-electron chi connectivity index (χ3n) is 8.64. The molecule has 0 fully saturated rings. The summed E-state index contributed by atoms with van der Waals surface area (Å²) in [6.45, 7) is 0. The van der Waals surface area contributed by atoms with Crippen molar-refractivity contribution in [2.45, 2.75) is 9.79 Å². The van der Waals surface area contributed by atoms with E-state index in [-0.39, 0.29) is 0 Å². The first-order valence-electron chi connectivity index (χ1n) is 15.0. The zero-order valence-corrected chi connectivity index (χ0v) is 25.2. The van der Waals surface area contributed by atoms with Gasteiger partial charge in [0.25, 0.3) is 0 Å². The molecule has 0 bridgehead atoms. The summed E-state index contributed by atoms with van der Waals surface area (Å²) in [5.74, 6) is 0. The second-order valence-electron chi connectivity index (χ2n) is 11.2. The highest BCUT2D eigenvalue weighted by Crippen LogP contribution is 2.58. The first-order valence-corrected chi connectivity index (χ1v) is 16.5. The summed E-state index contributed by atoms with van der Waals surface area (Å²) in [4.78, 5) is 0.637. The standard InChI is InChI=1S/C42H28O2S/c43-45(44)35-27-15-13-25-33(35)41-39(31-21-9-3-10-22-31)37(29-17-5-1-6-18-29)38(30-19-7-2-8-20-30)40(32-23-11-4-12-24-32)42(41)34-26-14-16-28-36(34)45/h1-28H. The summed E-state index contributed by atoms with van der Waals surface area (Å²) in [6, 6.07) is 56.7. The molecule has 45 heavy (non-hydrogen) atoms. The number of hydrogen-bond donors (Lipinski definition) is 0. The molecule has 0 unspecified atom stereocenters. The number of benzene rings is 7. The number of fused-ring (bicyclic) bond motifs is 5. The van der Waals surface area contributed by atoms with Crippen LogP contribution in [0.25, 0.3) is 66.8 Å². The Labute approximate surface area is 263 Å². The molecule has 1 aliphatic rings. The van der Waals surface area contributed by atoms with Crippen LogP contribution in [-0.2, 0) is 9.84 Å². The number of rotatable bonds is 4. The summed E-state index contributed by atoms with van der Waals surface area (Å²) in [7, 11) is -3.86. The molecule has 0 amide bonds. The van der Waals surface area contributed by atoms with Crippen LogP contribution >= 0.6 is 0 Å². The van der Waals surface area contributed by atoms with Crippen molar-refractivity contribution in [3.8, 4) is 66.8 Å². The molecule has 0 atom stereocenters. The van der Waals surface area contributed by atoms with Gasteiger partial charge in [-0.1, -0.05) is 158 Å². The zero-order valence-electron chi connectivity index (χ0n) is 24.4. The molecule has 1 aliphatic heterocycles. The molecule has 1 heterocycles. The van der Waals surface area contributed by atoms with Crippen molar-refractivity contribution in [1.82, 2.24) is 0 Å². The SMILES string of the molecule is O=S1(=O)c2ccccc2-c2c(-c3ccccc3)c(-c3ccccc3)c(-c3ccccc3)c(-c3ccccc3)c2-c2ccccc21. The molecule has 8 rings (SSSR count). The summed E-state index contributed by atoms with van der Waals surface area (Å²) in [5, 5.41) is 0. The summed E-state index contributed by atoms with van der Waals surface area (Å²) in [5.41, 5.74) is 11.6. The topological polar surface area (TPSA) is 34.1 Å². The van der Waals surface area contributed by atoms with E-state index in [1.165, 1.54) is 0 Å². The fraction of sp³-hybridized carbons (Fsp3) is 0. The van der Waals surface area contributed by atoms with E-state index < -0.39 is 9.84 Å². The minimum absolute atomic E-state index is 0.318. The van der Waals surface area contributed by atoms with E-state index in [1.807, 2.05) is 60.7 Å². The van der Waals surface area contributed by atoms with Gasteiger partial charge in [-0.25, -0.2) is 8.42 Å². The molecule has 214 valence electrons. The monoisotopic (exact) mass is 596 g/mol. The maximum atomic E-state index is 14.6. The van der Waals surface area contributed by atoms with Gasteiger partial charge in [-0.2, -0.15) is 0 Å². The normalized spacial score (nSPS) is 12.8. The van der Waals surface area contributed by atoms with E-state index in [0.29, 0.717) is 20.9 Å². The Bertz CT molecular complexity index is 2130. The molecule has 0 aliphatic carbocycles. The molecular formula is C42H28O2S. The van der Waals surface area contributed by atoms with Crippen LogP contribution in [0.1, 0.15) is 0 Å². The molecule has 2 nitrogen and oxygen atoms in total. The van der Waals surface area contributed by atoms with E-state index >= 15 is 0 Å². The third-order valence-corrected chi connectivity index (χ3v) is 10.5. The van der Waals surface area contributed by atoms with Gasteiger partial charge in [-0.3, -0.25) is 0 Å². The van der Waals surface area contributed by atoms with E-state index in [4.69, 9.17) is 0 Å². The average molecular weight is 597 g/mol. The van der Waals surface area contributed by atoms with Crippen molar-refractivity contribution in [3.63, 3.8) is 0 Å². The maximum Gasteiger partial charge on any atom is 0.207 e. The van der Waals surface area contributed by atoms with Crippen molar-refractivity contribution in [3.05, 3.63) is 170 Å². The highest BCUT2D eigenvalue weighted by atomic mass is 32.2. The summed E-state index contributed by atoms with van der Waals surface area (Å²) in [6.07, 6.45) is 0. The fourth-order valence-electron chi connectivity index (χ4n) is 6.80. The van der Waals surface area contributed by atoms with Gasteiger partial charge in [0.15, 0.2) is 0 Å². The molecule has 0 saturated heterocycles. The molecule has 7 aromatic rings. The van der Waals surface area contributed by atoms with E-state index in [2.05, 4.69) is 97.1 Å². The summed E-state index contributed by atoms with van der Waals surface area (Å²) >= 11 is 0. The van der Waals surface area contributed by atoms with Gasteiger partial charge in [0.1, 0.15) is 0 Å². The first-order chi connectivity index (χ1) is 22.1. The third kappa shape index (κ3) is 4.35. The van der Waals surface area contributed by atoms with Crippen LogP contribution in [0.5, 0.6) is 0 Å². The van der Waals surface area contributed by atoms with Gasteiger partial charge in [0, 0.05) is 11.1 Å². The predicted octanol–water partition coefficient (Wildman–Crippen LogP) is 10.8. The molecule has 0 aromatic heterocycles. The highest BCUT2D eigenvalue weighted by Gasteiger charge is 2.36. The second-order valence-corrected chi connectivity index (χ2v) is 13.1. The molecule has 0 radical (unpaired) electrons. The van der Waals surface area contributed by atoms with E-state index in [9.17, 15) is 8.42 Å². The molecule has 7 aromatic carbocycles. The molecule has 0 N–H and O–H groups in total. The lowest BCUT2D eigenvalue weighted by atomic mass is 9.74. The molecule has 0 spiro atoms. The quantitative estimate of drug-likeness (QED) is 0.203. The average Bonchev–Trinajstić information content (AvgIpc) is 3.19. The zero-order chi connectivity index (χ0) is 30.4. The first kappa shape index (κ1) is 27.1. The van der Waals surface area contributed by atoms with Crippen molar-refractivity contribution in [2.75, 3.05) is 0 Å². The van der Waals surface area contributed by atoms with Crippen LogP contribution in [-0.4, -0.2) is 8.42 Å². The minimum Gasteiger partial charge on any atom is -0.218 e. The van der Waals surface area contributed by atoms with Crippen LogP contribution in [0.3, 0.4) is 0 Å². The predicted molar refractivity (Wildman–Crippen MR) is 185 cm³/mol. The number of sulfone groups is 1. The molecule has 3 heteroatoms. The van der Waals surface area contributed by atoms with Crippen LogP contribution in [0.2, 0.25) is 0 Å². The largest absolute Gasteiger partial charge is 0.218 e. The van der Waals surface area contributed by atoms with Crippen LogP contribution in [0.15, 0.2) is 180 Å². The van der Waals surface area contributed by atoms with Crippen LogP contribution in [0.4, 0.5) is 0 Å². The van der Waals surface area contributed by atoms with Crippen molar-refractivity contribution in [1.29, 1.82) is 0 Å². The highest BCUT2D eigenvalue weighted by molar-refractivity contribution is 7.91. The maximum absolute atomic E-state index is 14.6. The summed E-state index contributed by atoms with van der Waals surface area (Å²) < 4.78 is 29.2. The van der Waals surface area contributed by atoms with Crippen molar-refractivity contribution in [2.24, 2.45) is 0 Å². The Hall–Kier alpha value is -5.51. The van der Waals surface area contributed by atoms with Crippen molar-refractivity contribution < 1.29 is 8.42 Å². The van der Waals surface area contributed by atoms with Crippen LogP contribution < -0.4 is 0 Å². The lowest BCUT2D eigenvalue weighted by Crippen LogP contribution is -2.03. The van der Waals surface area contributed by atoms with E-state index in [0.717, 1.165) is 55.6 Å². The Balaban J connectivity index is 1.75. The lowest BCUT2D eigenvalue weighted by Gasteiger charge is -2.28. The minimum atomic E-state index is -3.86. The van der Waals surface area contributed by atoms with Crippen molar-refractivity contribution >= 4 is 9.84 Å². The number of hydrogen-bond acceptors (Lipinski definition) is 2. The van der Waals surface area contributed by atoms with Gasteiger partial charge in [-0.15, -0.1) is 0 Å². The lowest BCUT2D eigenvalue weighted by molar-refractivity contribution is 0.597. The van der Waals surface area contributed by atoms with Gasteiger partial charge in [-0.05, 0) is 67.8 Å². The van der Waals surface area contributed by atoms with Gasteiger partial charge in [0.2, 0.25) is 9.84 Å². The van der Waals surface area contributed by atoms with Crippen LogP contribution in [0, 0.1) is 0 Å².